The minimum Gasteiger partial charge on any atom is -0.486 e. The van der Waals surface area contributed by atoms with Crippen molar-refractivity contribution in [2.24, 2.45) is 7.05 Å². The molecule has 3 rings (SSSR count). The number of fused-ring (bicyclic) bond motifs is 1. The molecule has 0 saturated carbocycles. The van der Waals surface area contributed by atoms with Crippen LogP contribution in [0.5, 0.6) is 11.5 Å². The smallest absolute Gasteiger partial charge is 0.161 e. The van der Waals surface area contributed by atoms with Crippen molar-refractivity contribution in [1.82, 2.24) is 19.7 Å². The molecule has 1 aromatic carbocycles. The third-order valence-corrected chi connectivity index (χ3v) is 3.30. The van der Waals surface area contributed by atoms with Crippen LogP contribution in [0.2, 0.25) is 0 Å². The Labute approximate surface area is 117 Å². The highest BCUT2D eigenvalue weighted by molar-refractivity contribution is 5.40. The lowest BCUT2D eigenvalue weighted by atomic mass is 10.2. The topological polar surface area (TPSA) is 52.4 Å². The molecule has 1 aliphatic rings. The molecule has 0 aliphatic carbocycles. The van der Waals surface area contributed by atoms with Gasteiger partial charge in [-0.25, -0.2) is 4.98 Å². The second-order valence-corrected chi connectivity index (χ2v) is 4.99. The Morgan fingerprint density at radius 2 is 2.15 bits per heavy atom. The molecule has 20 heavy (non-hydrogen) atoms. The van der Waals surface area contributed by atoms with E-state index in [-0.39, 0.29) is 6.10 Å². The lowest BCUT2D eigenvalue weighted by molar-refractivity contribution is 0.0630. The fraction of sp³-hybridized carbons (Fsp3) is 0.429. The summed E-state index contributed by atoms with van der Waals surface area (Å²) in [6.07, 6.45) is 1.60. The van der Waals surface area contributed by atoms with Gasteiger partial charge in [-0.3, -0.25) is 9.58 Å². The van der Waals surface area contributed by atoms with Gasteiger partial charge in [-0.05, 0) is 19.2 Å². The van der Waals surface area contributed by atoms with Gasteiger partial charge in [0.15, 0.2) is 11.5 Å². The number of benzene rings is 1. The number of para-hydroxylation sites is 2. The van der Waals surface area contributed by atoms with Gasteiger partial charge in [0.2, 0.25) is 0 Å². The zero-order valence-electron chi connectivity index (χ0n) is 11.7. The lowest BCUT2D eigenvalue weighted by Crippen LogP contribution is -2.39. The van der Waals surface area contributed by atoms with Gasteiger partial charge in [0, 0.05) is 13.6 Å². The largest absolute Gasteiger partial charge is 0.486 e. The molecule has 0 N–H and O–H groups in total. The molecule has 0 radical (unpaired) electrons. The first-order valence-electron chi connectivity index (χ1n) is 6.62. The van der Waals surface area contributed by atoms with Crippen LogP contribution < -0.4 is 9.47 Å². The number of likely N-dealkylation sites (N-methyl/N-ethyl adjacent to an activating group) is 1. The second kappa shape index (κ2) is 5.50. The Kier molecular flexibility index (Phi) is 3.56. The number of aromatic nitrogens is 3. The van der Waals surface area contributed by atoms with Gasteiger partial charge in [-0.15, -0.1) is 0 Å². The summed E-state index contributed by atoms with van der Waals surface area (Å²) < 4.78 is 13.4. The van der Waals surface area contributed by atoms with Crippen LogP contribution >= 0.6 is 0 Å². The van der Waals surface area contributed by atoms with Gasteiger partial charge in [-0.1, -0.05) is 12.1 Å². The van der Waals surface area contributed by atoms with Crippen LogP contribution in [0.3, 0.4) is 0 Å². The third-order valence-electron chi connectivity index (χ3n) is 3.30. The molecule has 0 spiro atoms. The van der Waals surface area contributed by atoms with Crippen molar-refractivity contribution in [2.75, 3.05) is 20.2 Å². The first-order chi connectivity index (χ1) is 9.72. The minimum absolute atomic E-state index is 0.0307. The number of rotatable bonds is 4. The maximum atomic E-state index is 5.94. The summed E-state index contributed by atoms with van der Waals surface area (Å²) in [5, 5.41) is 4.07. The predicted octanol–water partition coefficient (Wildman–Crippen LogP) is 1.09. The van der Waals surface area contributed by atoms with Gasteiger partial charge in [0.05, 0.1) is 6.54 Å². The van der Waals surface area contributed by atoms with E-state index in [1.54, 1.807) is 11.0 Å². The van der Waals surface area contributed by atoms with E-state index in [0.717, 1.165) is 30.4 Å². The zero-order chi connectivity index (χ0) is 13.9. The summed E-state index contributed by atoms with van der Waals surface area (Å²) in [4.78, 5) is 6.38. The van der Waals surface area contributed by atoms with Crippen LogP contribution in [0.25, 0.3) is 0 Å². The van der Waals surface area contributed by atoms with Gasteiger partial charge >= 0.3 is 0 Å². The molecule has 106 valence electrons. The molecule has 0 saturated heterocycles. The summed E-state index contributed by atoms with van der Waals surface area (Å²) in [7, 11) is 3.94. The van der Waals surface area contributed by atoms with Crippen molar-refractivity contribution in [3.63, 3.8) is 0 Å². The standard InChI is InChI=1S/C14H18N4O2/c1-17(8-14-15-10-16-18(14)2)7-11-9-19-12-5-3-4-6-13(12)20-11/h3-6,10-11H,7-9H2,1-2H3. The van der Waals surface area contributed by atoms with Crippen LogP contribution in [0.4, 0.5) is 0 Å². The molecular weight excluding hydrogens is 256 g/mol. The highest BCUT2D eigenvalue weighted by atomic mass is 16.6. The molecule has 1 unspecified atom stereocenters. The second-order valence-electron chi connectivity index (χ2n) is 4.99. The molecular formula is C14H18N4O2. The highest BCUT2D eigenvalue weighted by Crippen LogP contribution is 2.30. The summed E-state index contributed by atoms with van der Waals surface area (Å²) >= 11 is 0. The van der Waals surface area contributed by atoms with Gasteiger partial charge < -0.3 is 9.47 Å². The normalized spacial score (nSPS) is 17.4. The Bertz CT molecular complexity index is 584. The fourth-order valence-electron chi connectivity index (χ4n) is 2.27. The average molecular weight is 274 g/mol. The van der Waals surface area contributed by atoms with Crippen molar-refractivity contribution in [3.05, 3.63) is 36.4 Å². The SMILES string of the molecule is CN(Cc1ncnn1C)CC1COc2ccccc2O1. The highest BCUT2D eigenvalue weighted by Gasteiger charge is 2.22. The fourth-order valence-corrected chi connectivity index (χ4v) is 2.27. The van der Waals surface area contributed by atoms with Crippen molar-refractivity contribution < 1.29 is 9.47 Å². The van der Waals surface area contributed by atoms with E-state index in [0.29, 0.717) is 6.61 Å². The first kappa shape index (κ1) is 12.9. The Morgan fingerprint density at radius 1 is 1.35 bits per heavy atom. The van der Waals surface area contributed by atoms with Crippen LogP contribution in [-0.2, 0) is 13.6 Å². The van der Waals surface area contributed by atoms with E-state index >= 15 is 0 Å². The maximum Gasteiger partial charge on any atom is 0.161 e. The van der Waals surface area contributed by atoms with Crippen LogP contribution in [0.1, 0.15) is 5.82 Å². The molecule has 0 bridgehead atoms. The van der Waals surface area contributed by atoms with E-state index < -0.39 is 0 Å². The number of aryl methyl sites for hydroxylation is 1. The molecule has 0 amide bonds. The van der Waals surface area contributed by atoms with Gasteiger partial charge in [0.1, 0.15) is 24.9 Å². The van der Waals surface area contributed by atoms with E-state index in [4.69, 9.17) is 9.47 Å². The molecule has 2 aromatic rings. The van der Waals surface area contributed by atoms with Gasteiger partial charge in [0.25, 0.3) is 0 Å². The molecule has 6 nitrogen and oxygen atoms in total. The van der Waals surface area contributed by atoms with Crippen LogP contribution in [0, 0.1) is 0 Å². The van der Waals surface area contributed by atoms with E-state index in [2.05, 4.69) is 15.0 Å². The molecule has 0 fully saturated rings. The quantitative estimate of drug-likeness (QED) is 0.835. The van der Waals surface area contributed by atoms with Crippen LogP contribution in [-0.4, -0.2) is 46.0 Å². The molecule has 1 aromatic heterocycles. The van der Waals surface area contributed by atoms with Gasteiger partial charge in [-0.2, -0.15) is 5.10 Å². The average Bonchev–Trinajstić information content (AvgIpc) is 2.84. The predicted molar refractivity (Wildman–Crippen MR) is 73.7 cm³/mol. The Hall–Kier alpha value is -2.08. The Balaban J connectivity index is 1.58. The maximum absolute atomic E-state index is 5.94. The number of nitrogens with zero attached hydrogens (tertiary/aromatic N) is 4. The summed E-state index contributed by atoms with van der Waals surface area (Å²) in [5.74, 6) is 2.57. The zero-order valence-corrected chi connectivity index (χ0v) is 11.7. The van der Waals surface area contributed by atoms with Crippen LogP contribution in [0.15, 0.2) is 30.6 Å². The lowest BCUT2D eigenvalue weighted by Gasteiger charge is -2.29. The number of hydrogen-bond donors (Lipinski definition) is 0. The summed E-state index contributed by atoms with van der Waals surface area (Å²) in [5.41, 5.74) is 0. The molecule has 6 heteroatoms. The number of hydrogen-bond acceptors (Lipinski definition) is 5. The number of ether oxygens (including phenoxy) is 2. The summed E-state index contributed by atoms with van der Waals surface area (Å²) in [6.45, 7) is 2.08. The minimum atomic E-state index is 0.0307. The van der Waals surface area contributed by atoms with Crippen molar-refractivity contribution in [1.29, 1.82) is 0 Å². The molecule has 1 aliphatic heterocycles. The monoisotopic (exact) mass is 274 g/mol. The Morgan fingerprint density at radius 3 is 2.90 bits per heavy atom. The molecule has 2 heterocycles. The van der Waals surface area contributed by atoms with E-state index in [1.807, 2.05) is 38.4 Å². The molecule has 1 atom stereocenters. The van der Waals surface area contributed by atoms with Crippen molar-refractivity contribution in [2.45, 2.75) is 12.6 Å². The van der Waals surface area contributed by atoms with Crippen molar-refractivity contribution in [3.8, 4) is 11.5 Å². The summed E-state index contributed by atoms with van der Waals surface area (Å²) in [6, 6.07) is 7.76. The first-order valence-corrected chi connectivity index (χ1v) is 6.62. The van der Waals surface area contributed by atoms with E-state index in [9.17, 15) is 0 Å². The van der Waals surface area contributed by atoms with E-state index in [1.165, 1.54) is 0 Å². The van der Waals surface area contributed by atoms with Crippen molar-refractivity contribution >= 4 is 0 Å². The third kappa shape index (κ3) is 2.75.